The van der Waals surface area contributed by atoms with Crippen LogP contribution in [-0.4, -0.2) is 37.1 Å². The lowest BCUT2D eigenvalue weighted by Gasteiger charge is -2.33. The molecule has 2 aliphatic rings. The molecule has 1 fully saturated rings. The van der Waals surface area contributed by atoms with Crippen LogP contribution in [0.1, 0.15) is 24.0 Å². The molecule has 2 aromatic carbocycles. The van der Waals surface area contributed by atoms with Crippen LogP contribution in [0, 0.1) is 0 Å². The van der Waals surface area contributed by atoms with Crippen LogP contribution in [0.15, 0.2) is 42.5 Å². The summed E-state index contributed by atoms with van der Waals surface area (Å²) in [5.74, 6) is 1.05. The van der Waals surface area contributed by atoms with E-state index < -0.39 is 11.6 Å². The van der Waals surface area contributed by atoms with Crippen molar-refractivity contribution in [1.29, 1.82) is 0 Å². The zero-order valence-corrected chi connectivity index (χ0v) is 16.3. The lowest BCUT2D eigenvalue weighted by molar-refractivity contribution is -0.132. The predicted molar refractivity (Wildman–Crippen MR) is 105 cm³/mol. The first-order valence-electron chi connectivity index (χ1n) is 9.24. The van der Waals surface area contributed by atoms with Crippen LogP contribution < -0.4 is 14.8 Å². The van der Waals surface area contributed by atoms with Gasteiger partial charge in [0.15, 0.2) is 0 Å². The van der Waals surface area contributed by atoms with Gasteiger partial charge in [0.05, 0.1) is 18.7 Å². The molecule has 1 N–H and O–H groups in total. The normalized spacial score (nSPS) is 20.9. The third-order valence-corrected chi connectivity index (χ3v) is 5.67. The van der Waals surface area contributed by atoms with Crippen LogP contribution in [0.3, 0.4) is 0 Å². The van der Waals surface area contributed by atoms with Crippen molar-refractivity contribution in [2.24, 2.45) is 0 Å². The SMILES string of the molecule is COc1ccc2c(c1)CCC[C@@]21NC(=O)N(CCOc2ccccc2Cl)C1=O. The number of aryl methyl sites for hydroxylation is 1. The van der Waals surface area contributed by atoms with E-state index >= 15 is 0 Å². The quantitative estimate of drug-likeness (QED) is 0.780. The Hall–Kier alpha value is -2.73. The van der Waals surface area contributed by atoms with E-state index in [1.807, 2.05) is 30.3 Å². The van der Waals surface area contributed by atoms with Crippen LogP contribution in [0.4, 0.5) is 4.79 Å². The van der Waals surface area contributed by atoms with Crippen molar-refractivity contribution in [1.82, 2.24) is 10.2 Å². The van der Waals surface area contributed by atoms with E-state index in [1.165, 1.54) is 4.90 Å². The molecule has 28 heavy (non-hydrogen) atoms. The zero-order valence-electron chi connectivity index (χ0n) is 15.5. The number of carbonyl (C=O) groups excluding carboxylic acids is 2. The molecule has 4 rings (SSSR count). The van der Waals surface area contributed by atoms with Crippen molar-refractivity contribution >= 4 is 23.5 Å². The number of rotatable bonds is 5. The third kappa shape index (κ3) is 3.07. The van der Waals surface area contributed by atoms with Gasteiger partial charge in [0.1, 0.15) is 23.6 Å². The zero-order chi connectivity index (χ0) is 19.7. The first-order valence-corrected chi connectivity index (χ1v) is 9.62. The highest BCUT2D eigenvalue weighted by Crippen LogP contribution is 2.41. The van der Waals surface area contributed by atoms with Gasteiger partial charge in [0.25, 0.3) is 5.91 Å². The standard InChI is InChI=1S/C21H21ClN2O4/c1-27-15-8-9-16-14(13-15)5-4-10-21(16)19(25)24(20(26)23-21)11-12-28-18-7-3-2-6-17(18)22/h2-3,6-9,13H,4-5,10-12H2,1H3,(H,23,26)/t21-/m1/s1. The summed E-state index contributed by atoms with van der Waals surface area (Å²) < 4.78 is 10.9. The number of methoxy groups -OCH3 is 1. The number of para-hydroxylation sites is 1. The number of urea groups is 1. The van der Waals surface area contributed by atoms with Gasteiger partial charge in [-0.15, -0.1) is 0 Å². The van der Waals surface area contributed by atoms with Crippen molar-refractivity contribution in [2.75, 3.05) is 20.3 Å². The second-order valence-corrected chi connectivity index (χ2v) is 7.35. The number of nitrogens with zero attached hydrogens (tertiary/aromatic N) is 1. The summed E-state index contributed by atoms with van der Waals surface area (Å²) in [5.41, 5.74) is 0.891. The lowest BCUT2D eigenvalue weighted by Crippen LogP contribution is -2.46. The largest absolute Gasteiger partial charge is 0.497 e. The number of fused-ring (bicyclic) bond motifs is 2. The van der Waals surface area contributed by atoms with E-state index in [9.17, 15) is 9.59 Å². The second kappa shape index (κ2) is 7.36. The molecule has 0 saturated carbocycles. The van der Waals surface area contributed by atoms with Gasteiger partial charge in [-0.2, -0.15) is 0 Å². The maximum atomic E-state index is 13.2. The minimum absolute atomic E-state index is 0.156. The molecule has 1 heterocycles. The van der Waals surface area contributed by atoms with Crippen molar-refractivity contribution in [2.45, 2.75) is 24.8 Å². The van der Waals surface area contributed by atoms with Crippen LogP contribution in [0.2, 0.25) is 5.02 Å². The topological polar surface area (TPSA) is 67.9 Å². The summed E-state index contributed by atoms with van der Waals surface area (Å²) in [6.07, 6.45) is 2.25. The van der Waals surface area contributed by atoms with E-state index in [0.717, 1.165) is 29.7 Å². The summed E-state index contributed by atoms with van der Waals surface area (Å²) in [5, 5.41) is 3.43. The Labute approximate surface area is 168 Å². The van der Waals surface area contributed by atoms with Gasteiger partial charge in [-0.1, -0.05) is 29.8 Å². The van der Waals surface area contributed by atoms with Gasteiger partial charge >= 0.3 is 6.03 Å². The van der Waals surface area contributed by atoms with Crippen molar-refractivity contribution in [3.05, 3.63) is 58.6 Å². The molecule has 0 unspecified atom stereocenters. The van der Waals surface area contributed by atoms with E-state index in [0.29, 0.717) is 17.2 Å². The Morgan fingerprint density at radius 1 is 1.21 bits per heavy atom. The Morgan fingerprint density at radius 3 is 2.82 bits per heavy atom. The molecule has 1 aliphatic heterocycles. The monoisotopic (exact) mass is 400 g/mol. The van der Waals surface area contributed by atoms with E-state index in [-0.39, 0.29) is 19.1 Å². The van der Waals surface area contributed by atoms with Gasteiger partial charge in [-0.05, 0) is 54.7 Å². The summed E-state index contributed by atoms with van der Waals surface area (Å²) in [4.78, 5) is 27.1. The highest BCUT2D eigenvalue weighted by atomic mass is 35.5. The number of carbonyl (C=O) groups is 2. The van der Waals surface area contributed by atoms with Gasteiger partial charge in [0, 0.05) is 0 Å². The number of hydrogen-bond donors (Lipinski definition) is 1. The number of ether oxygens (including phenoxy) is 2. The molecular weight excluding hydrogens is 380 g/mol. The minimum atomic E-state index is -0.999. The fraction of sp³-hybridized carbons (Fsp3) is 0.333. The van der Waals surface area contributed by atoms with Crippen molar-refractivity contribution in [3.8, 4) is 11.5 Å². The molecule has 1 saturated heterocycles. The fourth-order valence-corrected chi connectivity index (χ4v) is 4.18. The molecule has 1 aliphatic carbocycles. The number of imide groups is 1. The summed E-state index contributed by atoms with van der Waals surface area (Å²) >= 11 is 6.08. The molecule has 3 amide bonds. The van der Waals surface area contributed by atoms with Crippen LogP contribution in [-0.2, 0) is 16.8 Å². The number of amides is 3. The second-order valence-electron chi connectivity index (χ2n) is 6.95. The maximum Gasteiger partial charge on any atom is 0.325 e. The molecule has 7 heteroatoms. The van der Waals surface area contributed by atoms with Crippen LogP contribution in [0.25, 0.3) is 0 Å². The Bertz CT molecular complexity index is 932. The average Bonchev–Trinajstić information content (AvgIpc) is 2.94. The van der Waals surface area contributed by atoms with Crippen LogP contribution in [0.5, 0.6) is 11.5 Å². The first kappa shape index (κ1) is 18.6. The van der Waals surface area contributed by atoms with Gasteiger partial charge in [-0.3, -0.25) is 9.69 Å². The predicted octanol–water partition coefficient (Wildman–Crippen LogP) is 3.51. The number of nitrogens with one attached hydrogen (secondary N) is 1. The smallest absolute Gasteiger partial charge is 0.325 e. The Kier molecular flexibility index (Phi) is 4.89. The molecule has 1 atom stereocenters. The molecular formula is C21H21ClN2O4. The Balaban J connectivity index is 1.52. The number of halogens is 1. The molecule has 0 aromatic heterocycles. The van der Waals surface area contributed by atoms with Gasteiger partial charge in [0.2, 0.25) is 0 Å². The molecule has 0 radical (unpaired) electrons. The molecule has 0 bridgehead atoms. The molecule has 1 spiro atoms. The van der Waals surface area contributed by atoms with Crippen LogP contribution >= 0.6 is 11.6 Å². The van der Waals surface area contributed by atoms with Gasteiger partial charge < -0.3 is 14.8 Å². The third-order valence-electron chi connectivity index (χ3n) is 5.35. The minimum Gasteiger partial charge on any atom is -0.497 e. The first-order chi connectivity index (χ1) is 13.5. The molecule has 146 valence electrons. The average molecular weight is 401 g/mol. The lowest BCUT2D eigenvalue weighted by atomic mass is 9.76. The van der Waals surface area contributed by atoms with E-state index in [2.05, 4.69) is 5.32 Å². The molecule has 6 nitrogen and oxygen atoms in total. The van der Waals surface area contributed by atoms with E-state index in [1.54, 1.807) is 19.2 Å². The fourth-order valence-electron chi connectivity index (χ4n) is 3.99. The Morgan fingerprint density at radius 2 is 2.04 bits per heavy atom. The number of benzene rings is 2. The highest BCUT2D eigenvalue weighted by Gasteiger charge is 2.53. The van der Waals surface area contributed by atoms with Crippen molar-refractivity contribution in [3.63, 3.8) is 0 Å². The number of hydrogen-bond acceptors (Lipinski definition) is 4. The maximum absolute atomic E-state index is 13.2. The molecule has 2 aromatic rings. The highest BCUT2D eigenvalue weighted by molar-refractivity contribution is 6.32. The van der Waals surface area contributed by atoms with Crippen molar-refractivity contribution < 1.29 is 19.1 Å². The van der Waals surface area contributed by atoms with Gasteiger partial charge in [-0.25, -0.2) is 4.79 Å². The van der Waals surface area contributed by atoms with E-state index in [4.69, 9.17) is 21.1 Å². The summed E-state index contributed by atoms with van der Waals surface area (Å²) in [7, 11) is 1.61. The summed E-state index contributed by atoms with van der Waals surface area (Å²) in [6, 6.07) is 12.4. The summed E-state index contributed by atoms with van der Waals surface area (Å²) in [6.45, 7) is 0.331.